The van der Waals surface area contributed by atoms with E-state index in [4.69, 9.17) is 4.74 Å². The first-order valence-electron chi connectivity index (χ1n) is 7.41. The third kappa shape index (κ3) is 4.05. The molecule has 1 aliphatic carbocycles. The van der Waals surface area contributed by atoms with Crippen LogP contribution >= 0.6 is 0 Å². The van der Waals surface area contributed by atoms with E-state index in [-0.39, 0.29) is 5.82 Å². The first kappa shape index (κ1) is 14.1. The monoisotopic (exact) mass is 285 g/mol. The summed E-state index contributed by atoms with van der Waals surface area (Å²) in [7, 11) is 0. The number of rotatable bonds is 6. The van der Waals surface area contributed by atoms with E-state index >= 15 is 0 Å². The van der Waals surface area contributed by atoms with Crippen molar-refractivity contribution < 1.29 is 9.13 Å². The second-order valence-corrected chi connectivity index (χ2v) is 5.66. The first-order chi connectivity index (χ1) is 10.2. The molecule has 1 N–H and O–H groups in total. The highest BCUT2D eigenvalue weighted by molar-refractivity contribution is 5.29. The second-order valence-electron chi connectivity index (χ2n) is 5.66. The average molecular weight is 285 g/mol. The fourth-order valence-corrected chi connectivity index (χ4v) is 2.24. The molecule has 3 rings (SSSR count). The van der Waals surface area contributed by atoms with Crippen LogP contribution in [0.1, 0.15) is 29.5 Å². The molecule has 1 saturated carbocycles. The second kappa shape index (κ2) is 6.27. The van der Waals surface area contributed by atoms with Gasteiger partial charge in [-0.25, -0.2) is 4.39 Å². The van der Waals surface area contributed by atoms with Crippen LogP contribution in [0.25, 0.3) is 0 Å². The third-order valence-electron chi connectivity index (χ3n) is 3.79. The summed E-state index contributed by atoms with van der Waals surface area (Å²) < 4.78 is 18.8. The maximum absolute atomic E-state index is 13.0. The van der Waals surface area contributed by atoms with Crippen LogP contribution in [0.3, 0.4) is 0 Å². The summed E-state index contributed by atoms with van der Waals surface area (Å²) in [5.74, 6) is 0.637. The summed E-state index contributed by atoms with van der Waals surface area (Å²) >= 11 is 0. The lowest BCUT2D eigenvalue weighted by Crippen LogP contribution is -2.15. The molecule has 0 atom stereocenters. The van der Waals surface area contributed by atoms with Gasteiger partial charge in [-0.1, -0.05) is 18.2 Å². The van der Waals surface area contributed by atoms with Gasteiger partial charge in [0.05, 0.1) is 0 Å². The van der Waals surface area contributed by atoms with E-state index in [1.807, 2.05) is 19.1 Å². The maximum atomic E-state index is 13.0. The highest BCUT2D eigenvalue weighted by Crippen LogP contribution is 2.20. The Morgan fingerprint density at radius 2 is 1.90 bits per heavy atom. The zero-order valence-electron chi connectivity index (χ0n) is 12.2. The zero-order chi connectivity index (χ0) is 14.7. The van der Waals surface area contributed by atoms with Crippen molar-refractivity contribution in [3.05, 3.63) is 65.0 Å². The van der Waals surface area contributed by atoms with Gasteiger partial charge in [0.25, 0.3) is 0 Å². The molecule has 2 nitrogen and oxygen atoms in total. The Bertz CT molecular complexity index is 605. The third-order valence-corrected chi connectivity index (χ3v) is 3.79. The van der Waals surface area contributed by atoms with Crippen LogP contribution in [-0.2, 0) is 13.2 Å². The summed E-state index contributed by atoms with van der Waals surface area (Å²) in [4.78, 5) is 0. The van der Waals surface area contributed by atoms with Gasteiger partial charge >= 0.3 is 0 Å². The summed E-state index contributed by atoms with van der Waals surface area (Å²) in [5.41, 5.74) is 3.20. The SMILES string of the molecule is Cc1cc(F)ccc1COc1ccc(CNC2CC2)cc1. The van der Waals surface area contributed by atoms with E-state index in [0.29, 0.717) is 6.61 Å². The summed E-state index contributed by atoms with van der Waals surface area (Å²) in [5, 5.41) is 3.49. The molecule has 2 aromatic rings. The normalized spacial score (nSPS) is 14.2. The predicted molar refractivity (Wildman–Crippen MR) is 81.8 cm³/mol. The Morgan fingerprint density at radius 3 is 2.57 bits per heavy atom. The van der Waals surface area contributed by atoms with Crippen LogP contribution in [0.4, 0.5) is 4.39 Å². The van der Waals surface area contributed by atoms with E-state index in [1.165, 1.54) is 30.5 Å². The van der Waals surface area contributed by atoms with Gasteiger partial charge in [-0.2, -0.15) is 0 Å². The molecule has 21 heavy (non-hydrogen) atoms. The molecule has 0 aliphatic heterocycles. The molecular formula is C18H20FNO. The smallest absolute Gasteiger partial charge is 0.123 e. The number of benzene rings is 2. The quantitative estimate of drug-likeness (QED) is 0.867. The average Bonchev–Trinajstić information content (AvgIpc) is 3.30. The molecule has 0 radical (unpaired) electrons. The van der Waals surface area contributed by atoms with E-state index in [9.17, 15) is 4.39 Å². The number of halogens is 1. The Hall–Kier alpha value is -1.87. The van der Waals surface area contributed by atoms with Crippen molar-refractivity contribution >= 4 is 0 Å². The fraction of sp³-hybridized carbons (Fsp3) is 0.333. The van der Waals surface area contributed by atoms with Gasteiger partial charge in [-0.3, -0.25) is 0 Å². The molecule has 0 bridgehead atoms. The van der Waals surface area contributed by atoms with E-state index in [1.54, 1.807) is 6.07 Å². The fourth-order valence-electron chi connectivity index (χ4n) is 2.24. The minimum absolute atomic E-state index is 0.205. The molecule has 110 valence electrons. The standard InChI is InChI=1S/C18H20FNO/c1-13-10-16(19)5-4-15(13)12-21-18-8-2-14(3-9-18)11-20-17-6-7-17/h2-5,8-10,17,20H,6-7,11-12H2,1H3. The Labute approximate surface area is 125 Å². The van der Waals surface area contributed by atoms with Crippen LogP contribution in [-0.4, -0.2) is 6.04 Å². The number of hydrogen-bond acceptors (Lipinski definition) is 2. The Morgan fingerprint density at radius 1 is 1.14 bits per heavy atom. The molecule has 0 spiro atoms. The van der Waals surface area contributed by atoms with Crippen LogP contribution in [0.15, 0.2) is 42.5 Å². The molecule has 1 aliphatic rings. The van der Waals surface area contributed by atoms with Gasteiger partial charge in [-0.15, -0.1) is 0 Å². The molecule has 0 amide bonds. The molecule has 1 fully saturated rings. The van der Waals surface area contributed by atoms with Crippen molar-refractivity contribution in [1.29, 1.82) is 0 Å². The van der Waals surface area contributed by atoms with Crippen LogP contribution in [0.2, 0.25) is 0 Å². The van der Waals surface area contributed by atoms with Crippen molar-refractivity contribution in [2.45, 2.75) is 39.0 Å². The topological polar surface area (TPSA) is 21.3 Å². The van der Waals surface area contributed by atoms with Gasteiger partial charge in [0, 0.05) is 12.6 Å². The number of hydrogen-bond donors (Lipinski definition) is 1. The number of aryl methyl sites for hydroxylation is 1. The summed E-state index contributed by atoms with van der Waals surface area (Å²) in [6.45, 7) is 3.28. The molecule has 2 aromatic carbocycles. The lowest BCUT2D eigenvalue weighted by molar-refractivity contribution is 0.305. The lowest BCUT2D eigenvalue weighted by atomic mass is 10.1. The van der Waals surface area contributed by atoms with Crippen molar-refractivity contribution in [2.24, 2.45) is 0 Å². The van der Waals surface area contributed by atoms with Gasteiger partial charge in [-0.05, 0) is 60.7 Å². The molecule has 0 saturated heterocycles. The minimum atomic E-state index is -0.205. The minimum Gasteiger partial charge on any atom is -0.489 e. The Balaban J connectivity index is 1.54. The highest BCUT2D eigenvalue weighted by Gasteiger charge is 2.19. The largest absolute Gasteiger partial charge is 0.489 e. The van der Waals surface area contributed by atoms with Crippen molar-refractivity contribution in [3.63, 3.8) is 0 Å². The predicted octanol–water partition coefficient (Wildman–Crippen LogP) is 3.97. The van der Waals surface area contributed by atoms with E-state index < -0.39 is 0 Å². The van der Waals surface area contributed by atoms with Crippen molar-refractivity contribution in [2.75, 3.05) is 0 Å². The lowest BCUT2D eigenvalue weighted by Gasteiger charge is -2.10. The summed E-state index contributed by atoms with van der Waals surface area (Å²) in [6.07, 6.45) is 2.61. The molecule has 0 aromatic heterocycles. The van der Waals surface area contributed by atoms with E-state index in [2.05, 4.69) is 17.4 Å². The van der Waals surface area contributed by atoms with Gasteiger partial charge in [0.1, 0.15) is 18.2 Å². The van der Waals surface area contributed by atoms with Crippen LogP contribution < -0.4 is 10.1 Å². The van der Waals surface area contributed by atoms with Gasteiger partial charge in [0.2, 0.25) is 0 Å². The Kier molecular flexibility index (Phi) is 4.20. The first-order valence-corrected chi connectivity index (χ1v) is 7.41. The van der Waals surface area contributed by atoms with Gasteiger partial charge in [0.15, 0.2) is 0 Å². The van der Waals surface area contributed by atoms with Crippen molar-refractivity contribution in [3.8, 4) is 5.75 Å². The van der Waals surface area contributed by atoms with Crippen LogP contribution in [0, 0.1) is 12.7 Å². The van der Waals surface area contributed by atoms with Crippen molar-refractivity contribution in [1.82, 2.24) is 5.32 Å². The molecule has 0 unspecified atom stereocenters. The highest BCUT2D eigenvalue weighted by atomic mass is 19.1. The maximum Gasteiger partial charge on any atom is 0.123 e. The number of nitrogens with one attached hydrogen (secondary N) is 1. The van der Waals surface area contributed by atoms with Gasteiger partial charge < -0.3 is 10.1 Å². The van der Waals surface area contributed by atoms with Crippen LogP contribution in [0.5, 0.6) is 5.75 Å². The molecule has 0 heterocycles. The zero-order valence-corrected chi connectivity index (χ0v) is 12.2. The molecular weight excluding hydrogens is 265 g/mol. The summed E-state index contributed by atoms with van der Waals surface area (Å²) in [6, 6.07) is 13.7. The van der Waals surface area contributed by atoms with E-state index in [0.717, 1.165) is 29.5 Å². The molecule has 3 heteroatoms. The number of ether oxygens (including phenoxy) is 1.